The van der Waals surface area contributed by atoms with E-state index in [1.54, 1.807) is 0 Å². The maximum atomic E-state index is 12.0. The molecule has 1 heterocycles. The number of carbonyl (C=O) groups is 4. The predicted molar refractivity (Wildman–Crippen MR) is 150 cm³/mol. The molecule has 13 nitrogen and oxygen atoms in total. The molecule has 0 radical (unpaired) electrons. The number of nitrogens with one attached hydrogen (secondary N) is 1. The van der Waals surface area contributed by atoms with Gasteiger partial charge >= 0.3 is 32.7 Å². The highest BCUT2D eigenvalue weighted by molar-refractivity contribution is 8.23. The quantitative estimate of drug-likeness (QED) is 0.0873. The van der Waals surface area contributed by atoms with E-state index in [2.05, 4.69) is 5.32 Å². The minimum Gasteiger partial charge on any atom is -0.463 e. The molecule has 1 fully saturated rings. The average Bonchev–Trinajstić information content (AvgIpc) is 2.84. The molecule has 0 unspecified atom stereocenters. The summed E-state index contributed by atoms with van der Waals surface area (Å²) < 4.78 is 45.3. The second-order valence-corrected chi connectivity index (χ2v) is 13.0. The second-order valence-electron chi connectivity index (χ2n) is 8.49. The van der Waals surface area contributed by atoms with Gasteiger partial charge in [-0.05, 0) is 27.2 Å². The van der Waals surface area contributed by atoms with E-state index in [4.69, 9.17) is 49.2 Å². The minimum atomic E-state index is -2.82. The van der Waals surface area contributed by atoms with E-state index in [1.165, 1.54) is 13.8 Å². The molecule has 5 atom stereocenters. The monoisotopic (exact) mass is 627 g/mol. The lowest BCUT2D eigenvalue weighted by molar-refractivity contribution is -0.237. The van der Waals surface area contributed by atoms with Gasteiger partial charge in [0.05, 0.1) is 0 Å². The fourth-order valence-corrected chi connectivity index (χ4v) is 7.87. The van der Waals surface area contributed by atoms with Crippen LogP contribution in [0.2, 0.25) is 6.04 Å². The summed E-state index contributed by atoms with van der Waals surface area (Å²) in [5, 5.41) is 3.12. The zero-order valence-corrected chi connectivity index (χ0v) is 26.7. The van der Waals surface area contributed by atoms with Crippen LogP contribution in [0, 0.1) is 0 Å². The molecular formula is C24H41NO12S2Si. The number of thioether (sulfide) groups is 1. The molecule has 1 saturated heterocycles. The zero-order valence-electron chi connectivity index (χ0n) is 24.1. The Labute approximate surface area is 245 Å². The lowest BCUT2D eigenvalue weighted by Crippen LogP contribution is -2.61. The number of rotatable bonds is 16. The van der Waals surface area contributed by atoms with Crippen LogP contribution in [-0.4, -0.2) is 99.8 Å². The zero-order chi connectivity index (χ0) is 30.3. The van der Waals surface area contributed by atoms with Gasteiger partial charge in [-0.3, -0.25) is 19.2 Å². The Balaban J connectivity index is 3.06. The second kappa shape index (κ2) is 18.6. The van der Waals surface area contributed by atoms with E-state index in [9.17, 15) is 19.2 Å². The molecule has 0 aromatic heterocycles. The van der Waals surface area contributed by atoms with Crippen LogP contribution in [0.15, 0.2) is 0 Å². The van der Waals surface area contributed by atoms with E-state index in [1.807, 2.05) is 20.8 Å². The van der Waals surface area contributed by atoms with Gasteiger partial charge in [-0.15, -0.1) is 0 Å². The van der Waals surface area contributed by atoms with Gasteiger partial charge in [-0.1, -0.05) is 24.0 Å². The van der Waals surface area contributed by atoms with Crippen LogP contribution in [0.4, 0.5) is 0 Å². The Morgan fingerprint density at radius 2 is 1.30 bits per heavy atom. The molecule has 40 heavy (non-hydrogen) atoms. The molecule has 0 bridgehead atoms. The summed E-state index contributed by atoms with van der Waals surface area (Å²) in [5.41, 5.74) is -0.996. The fraction of sp³-hybridized carbons (Fsp3) is 0.792. The van der Waals surface area contributed by atoms with Crippen LogP contribution in [0.5, 0.6) is 0 Å². The van der Waals surface area contributed by atoms with Gasteiger partial charge < -0.3 is 42.3 Å². The molecular weight excluding hydrogens is 586 g/mol. The molecule has 0 amide bonds. The Morgan fingerprint density at radius 1 is 0.800 bits per heavy atom. The van der Waals surface area contributed by atoms with Gasteiger partial charge in [0.2, 0.25) is 0 Å². The molecule has 1 rings (SSSR count). The van der Waals surface area contributed by atoms with Crippen LogP contribution in [0.25, 0.3) is 0 Å². The summed E-state index contributed by atoms with van der Waals surface area (Å²) in [6.07, 6.45) is -4.09. The van der Waals surface area contributed by atoms with Gasteiger partial charge in [0.1, 0.15) is 17.0 Å². The van der Waals surface area contributed by atoms with Crippen molar-refractivity contribution in [1.29, 1.82) is 0 Å². The van der Waals surface area contributed by atoms with Gasteiger partial charge in [0.25, 0.3) is 0 Å². The first-order valence-electron chi connectivity index (χ1n) is 13.0. The maximum absolute atomic E-state index is 12.0. The molecule has 230 valence electrons. The predicted octanol–water partition coefficient (Wildman–Crippen LogP) is 2.12. The van der Waals surface area contributed by atoms with Crippen molar-refractivity contribution in [2.24, 2.45) is 0 Å². The van der Waals surface area contributed by atoms with Crippen molar-refractivity contribution >= 4 is 61.0 Å². The number of ether oxygens (including phenoxy) is 5. The van der Waals surface area contributed by atoms with Gasteiger partial charge in [0.15, 0.2) is 23.7 Å². The standard InChI is InChI=1S/C24H41NO12S2Si/c1-8-31-40(32-9-2,33-10-3)13-11-12-25-24(38)39-23-22(36-18(7)29)21(35-17(6)28)20(34-16(5)27)19(37-23)14-30-15(4)26/h19-23H,8-14H2,1-7H3,(H,25,38)/t19-,20-,21+,22-,23+/m1/s1. The highest BCUT2D eigenvalue weighted by Crippen LogP contribution is 2.34. The van der Waals surface area contributed by atoms with Crippen molar-refractivity contribution < 1.29 is 56.1 Å². The molecule has 1 aliphatic heterocycles. The smallest absolute Gasteiger partial charge is 0.463 e. The maximum Gasteiger partial charge on any atom is 0.500 e. The summed E-state index contributed by atoms with van der Waals surface area (Å²) >= 11 is 6.52. The van der Waals surface area contributed by atoms with E-state index in [0.717, 1.165) is 25.6 Å². The fourth-order valence-electron chi connectivity index (χ4n) is 3.93. The average molecular weight is 628 g/mol. The van der Waals surface area contributed by atoms with Crippen molar-refractivity contribution in [3.8, 4) is 0 Å². The first-order chi connectivity index (χ1) is 18.9. The van der Waals surface area contributed by atoms with Crippen LogP contribution in [0.1, 0.15) is 54.9 Å². The molecule has 0 aromatic rings. The Hall–Kier alpha value is -1.82. The van der Waals surface area contributed by atoms with Crippen molar-refractivity contribution in [2.75, 3.05) is 33.0 Å². The first kappa shape index (κ1) is 36.2. The van der Waals surface area contributed by atoms with Gasteiger partial charge in [-0.25, -0.2) is 0 Å². The molecule has 0 saturated carbocycles. The van der Waals surface area contributed by atoms with E-state index >= 15 is 0 Å². The van der Waals surface area contributed by atoms with Crippen molar-refractivity contribution in [1.82, 2.24) is 5.32 Å². The molecule has 0 aliphatic carbocycles. The highest BCUT2D eigenvalue weighted by atomic mass is 32.2. The Bertz CT molecular complexity index is 847. The molecule has 1 aliphatic rings. The Morgan fingerprint density at radius 3 is 1.77 bits per heavy atom. The Kier molecular flexibility index (Phi) is 16.8. The number of thiocarbonyl (C=S) groups is 1. The number of esters is 4. The molecule has 1 N–H and O–H groups in total. The summed E-state index contributed by atoms with van der Waals surface area (Å²) in [5.74, 6) is -2.68. The van der Waals surface area contributed by atoms with Gasteiger partial charge in [0, 0.05) is 60.1 Å². The van der Waals surface area contributed by atoms with Crippen molar-refractivity contribution in [3.63, 3.8) is 0 Å². The molecule has 16 heteroatoms. The van der Waals surface area contributed by atoms with Crippen LogP contribution < -0.4 is 5.32 Å². The largest absolute Gasteiger partial charge is 0.500 e. The van der Waals surface area contributed by atoms with E-state index < -0.39 is 62.5 Å². The molecule has 0 aromatic carbocycles. The normalized spacial score (nSPS) is 22.6. The van der Waals surface area contributed by atoms with Gasteiger partial charge in [-0.2, -0.15) is 0 Å². The third kappa shape index (κ3) is 12.8. The van der Waals surface area contributed by atoms with Crippen molar-refractivity contribution in [3.05, 3.63) is 0 Å². The first-order valence-corrected chi connectivity index (χ1v) is 16.3. The van der Waals surface area contributed by atoms with Crippen LogP contribution >= 0.6 is 24.0 Å². The number of hydrogen-bond donors (Lipinski definition) is 1. The highest BCUT2D eigenvalue weighted by Gasteiger charge is 2.52. The van der Waals surface area contributed by atoms with E-state index in [0.29, 0.717) is 43.2 Å². The SMILES string of the molecule is CCO[Si](CCCNC(=S)S[C@@H]1O[C@H](COC(C)=O)[C@@H](OC(C)=O)[C@H](OC(C)=O)[C@H]1OC(C)=O)(OCC)OCC. The number of hydrogen-bond acceptors (Lipinski definition) is 14. The summed E-state index contributed by atoms with van der Waals surface area (Å²) in [7, 11) is -2.82. The van der Waals surface area contributed by atoms with Crippen LogP contribution in [0.3, 0.4) is 0 Å². The lowest BCUT2D eigenvalue weighted by atomic mass is 9.99. The van der Waals surface area contributed by atoms with Crippen molar-refractivity contribution in [2.45, 2.75) is 90.8 Å². The topological polar surface area (TPSA) is 154 Å². The lowest BCUT2D eigenvalue weighted by Gasteiger charge is -2.44. The number of carbonyl (C=O) groups excluding carboxylic acids is 4. The minimum absolute atomic E-state index is 0.303. The van der Waals surface area contributed by atoms with Crippen LogP contribution in [-0.2, 0) is 56.1 Å². The van der Waals surface area contributed by atoms with E-state index in [-0.39, 0.29) is 6.61 Å². The third-order valence-electron chi connectivity index (χ3n) is 5.19. The summed E-state index contributed by atoms with van der Waals surface area (Å²) in [4.78, 5) is 47.3. The summed E-state index contributed by atoms with van der Waals surface area (Å²) in [6, 6.07) is 0.571. The molecule has 0 spiro atoms. The third-order valence-corrected chi connectivity index (χ3v) is 9.75. The summed E-state index contributed by atoms with van der Waals surface area (Å²) in [6.45, 7) is 11.9.